The highest BCUT2D eigenvalue weighted by molar-refractivity contribution is 7.16. The Morgan fingerprint density at radius 2 is 2.26 bits per heavy atom. The highest BCUT2D eigenvalue weighted by Gasteiger charge is 2.20. The van der Waals surface area contributed by atoms with Crippen LogP contribution in [0.25, 0.3) is 0 Å². The molecule has 2 aromatic heterocycles. The van der Waals surface area contributed by atoms with Gasteiger partial charge in [-0.1, -0.05) is 6.07 Å². The number of carbonyl (C=O) groups excluding carboxylic acids is 1. The number of anilines is 1. The summed E-state index contributed by atoms with van der Waals surface area (Å²) in [4.78, 5) is 21.0. The van der Waals surface area contributed by atoms with Crippen LogP contribution >= 0.6 is 22.7 Å². The summed E-state index contributed by atoms with van der Waals surface area (Å²) in [7, 11) is 1.83. The molecule has 0 N–H and O–H groups in total. The molecule has 0 fully saturated rings. The van der Waals surface area contributed by atoms with Gasteiger partial charge in [0.25, 0.3) is 0 Å². The summed E-state index contributed by atoms with van der Waals surface area (Å²) in [6, 6.07) is 3.98. The molecule has 0 unspecified atom stereocenters. The first-order chi connectivity index (χ1) is 9.24. The highest BCUT2D eigenvalue weighted by atomic mass is 32.1. The SMILES string of the molecule is CN(C(=O)Cc1cccs1)c1nc2c(s1)CCCC2. The Morgan fingerprint density at radius 3 is 3.00 bits per heavy atom. The summed E-state index contributed by atoms with van der Waals surface area (Å²) in [5.41, 5.74) is 1.21. The van der Waals surface area contributed by atoms with Crippen molar-refractivity contribution in [3.63, 3.8) is 0 Å². The standard InChI is InChI=1S/C14H16N2OS2/c1-16(13(17)9-10-5-4-8-18-10)14-15-11-6-2-3-7-12(11)19-14/h4-5,8H,2-3,6-7,9H2,1H3. The summed E-state index contributed by atoms with van der Waals surface area (Å²) < 4.78 is 0. The highest BCUT2D eigenvalue weighted by Crippen LogP contribution is 2.31. The number of aryl methyl sites for hydroxylation is 2. The molecular weight excluding hydrogens is 276 g/mol. The third-order valence-electron chi connectivity index (χ3n) is 3.40. The number of carbonyl (C=O) groups is 1. The molecule has 1 amide bonds. The predicted molar refractivity (Wildman–Crippen MR) is 80.2 cm³/mol. The van der Waals surface area contributed by atoms with E-state index in [4.69, 9.17) is 0 Å². The minimum absolute atomic E-state index is 0.119. The van der Waals surface area contributed by atoms with Gasteiger partial charge in [0, 0.05) is 16.8 Å². The van der Waals surface area contributed by atoms with Crippen LogP contribution in [0.15, 0.2) is 17.5 Å². The lowest BCUT2D eigenvalue weighted by atomic mass is 10.0. The topological polar surface area (TPSA) is 33.2 Å². The van der Waals surface area contributed by atoms with Gasteiger partial charge >= 0.3 is 0 Å². The number of likely N-dealkylation sites (N-methyl/N-ethyl adjacent to an activating group) is 1. The number of thiophene rings is 1. The maximum absolute atomic E-state index is 12.2. The van der Waals surface area contributed by atoms with Gasteiger partial charge in [-0.3, -0.25) is 9.69 Å². The van der Waals surface area contributed by atoms with Crippen molar-refractivity contribution in [2.24, 2.45) is 0 Å². The number of rotatable bonds is 3. The molecule has 0 bridgehead atoms. The molecule has 0 atom stereocenters. The van der Waals surface area contributed by atoms with E-state index in [9.17, 15) is 4.79 Å². The van der Waals surface area contributed by atoms with E-state index in [1.165, 1.54) is 23.4 Å². The van der Waals surface area contributed by atoms with Gasteiger partial charge in [-0.2, -0.15) is 0 Å². The second-order valence-electron chi connectivity index (χ2n) is 4.78. The van der Waals surface area contributed by atoms with Gasteiger partial charge in [0.2, 0.25) is 5.91 Å². The van der Waals surface area contributed by atoms with Gasteiger partial charge in [0.1, 0.15) is 0 Å². The second kappa shape index (κ2) is 5.43. The summed E-state index contributed by atoms with van der Waals surface area (Å²) in [5.74, 6) is 0.119. The Hall–Kier alpha value is -1.20. The summed E-state index contributed by atoms with van der Waals surface area (Å²) >= 11 is 3.31. The van der Waals surface area contributed by atoms with Crippen LogP contribution in [0, 0.1) is 0 Å². The van der Waals surface area contributed by atoms with Crippen molar-refractivity contribution in [3.05, 3.63) is 33.0 Å². The van der Waals surface area contributed by atoms with Gasteiger partial charge in [0.15, 0.2) is 5.13 Å². The first-order valence-electron chi connectivity index (χ1n) is 6.51. The average molecular weight is 292 g/mol. The van der Waals surface area contributed by atoms with E-state index in [-0.39, 0.29) is 5.91 Å². The van der Waals surface area contributed by atoms with Crippen molar-refractivity contribution in [1.29, 1.82) is 0 Å². The number of amides is 1. The molecule has 1 aliphatic rings. The Morgan fingerprint density at radius 1 is 1.42 bits per heavy atom. The van der Waals surface area contributed by atoms with Crippen LogP contribution in [0.3, 0.4) is 0 Å². The van der Waals surface area contributed by atoms with Crippen LogP contribution in [0.1, 0.15) is 28.3 Å². The number of aromatic nitrogens is 1. The molecule has 0 aromatic carbocycles. The maximum atomic E-state index is 12.2. The first kappa shape index (κ1) is 12.8. The Labute approximate surface area is 120 Å². The molecule has 3 nitrogen and oxygen atoms in total. The van der Waals surface area contributed by atoms with Gasteiger partial charge in [-0.15, -0.1) is 22.7 Å². The van der Waals surface area contributed by atoms with E-state index in [1.54, 1.807) is 27.6 Å². The lowest BCUT2D eigenvalue weighted by Crippen LogP contribution is -2.27. The van der Waals surface area contributed by atoms with Crippen molar-refractivity contribution < 1.29 is 4.79 Å². The largest absolute Gasteiger partial charge is 0.291 e. The lowest BCUT2D eigenvalue weighted by Gasteiger charge is -2.12. The molecule has 0 saturated carbocycles. The number of fused-ring (bicyclic) bond motifs is 1. The first-order valence-corrected chi connectivity index (χ1v) is 8.21. The van der Waals surface area contributed by atoms with E-state index in [0.717, 1.165) is 22.9 Å². The zero-order valence-electron chi connectivity index (χ0n) is 10.9. The summed E-state index contributed by atoms with van der Waals surface area (Å²) in [5, 5.41) is 2.86. The van der Waals surface area contributed by atoms with Gasteiger partial charge < -0.3 is 0 Å². The predicted octanol–water partition coefficient (Wildman–Crippen LogP) is 3.29. The van der Waals surface area contributed by atoms with Crippen molar-refractivity contribution in [1.82, 2.24) is 4.98 Å². The average Bonchev–Trinajstić information content (AvgIpc) is 3.05. The molecule has 19 heavy (non-hydrogen) atoms. The van der Waals surface area contributed by atoms with E-state index < -0.39 is 0 Å². The fourth-order valence-corrected chi connectivity index (χ4v) is 4.09. The Kier molecular flexibility index (Phi) is 3.66. The molecule has 0 spiro atoms. The van der Waals surface area contributed by atoms with Crippen molar-refractivity contribution >= 4 is 33.7 Å². The van der Waals surface area contributed by atoms with Gasteiger partial charge in [-0.25, -0.2) is 4.98 Å². The monoisotopic (exact) mass is 292 g/mol. The van der Waals surface area contributed by atoms with Crippen LogP contribution < -0.4 is 4.90 Å². The van der Waals surface area contributed by atoms with E-state index >= 15 is 0 Å². The van der Waals surface area contributed by atoms with Crippen molar-refractivity contribution in [2.75, 3.05) is 11.9 Å². The van der Waals surface area contributed by atoms with Crippen molar-refractivity contribution in [2.45, 2.75) is 32.1 Å². The third kappa shape index (κ3) is 2.72. The minimum atomic E-state index is 0.119. The number of hydrogen-bond donors (Lipinski definition) is 0. The zero-order chi connectivity index (χ0) is 13.2. The molecule has 2 aromatic rings. The maximum Gasteiger partial charge on any atom is 0.233 e. The molecular formula is C14H16N2OS2. The number of hydrogen-bond acceptors (Lipinski definition) is 4. The molecule has 2 heterocycles. The molecule has 100 valence electrons. The zero-order valence-corrected chi connectivity index (χ0v) is 12.5. The molecule has 1 aliphatic carbocycles. The van der Waals surface area contributed by atoms with Crippen LogP contribution in [0.2, 0.25) is 0 Å². The molecule has 0 aliphatic heterocycles. The van der Waals surface area contributed by atoms with Gasteiger partial charge in [0.05, 0.1) is 12.1 Å². The Bertz CT molecular complexity index is 551. The van der Waals surface area contributed by atoms with Crippen molar-refractivity contribution in [3.8, 4) is 0 Å². The quantitative estimate of drug-likeness (QED) is 0.869. The summed E-state index contributed by atoms with van der Waals surface area (Å²) in [6.45, 7) is 0. The third-order valence-corrected chi connectivity index (χ3v) is 5.51. The second-order valence-corrected chi connectivity index (χ2v) is 6.88. The van der Waals surface area contributed by atoms with Crippen LogP contribution in [0.5, 0.6) is 0 Å². The van der Waals surface area contributed by atoms with E-state index in [1.807, 2.05) is 24.6 Å². The normalized spacial score (nSPS) is 14.2. The van der Waals surface area contributed by atoms with Crippen LogP contribution in [0.4, 0.5) is 5.13 Å². The molecule has 0 radical (unpaired) electrons. The summed E-state index contributed by atoms with van der Waals surface area (Å²) in [6.07, 6.45) is 5.14. The van der Waals surface area contributed by atoms with Gasteiger partial charge in [-0.05, 0) is 37.1 Å². The van der Waals surface area contributed by atoms with E-state index in [2.05, 4.69) is 4.98 Å². The fraction of sp³-hybridized carbons (Fsp3) is 0.429. The minimum Gasteiger partial charge on any atom is -0.291 e. The van der Waals surface area contributed by atoms with Crippen LogP contribution in [-0.2, 0) is 24.1 Å². The van der Waals surface area contributed by atoms with Crippen LogP contribution in [-0.4, -0.2) is 17.9 Å². The molecule has 5 heteroatoms. The van der Waals surface area contributed by atoms with E-state index in [0.29, 0.717) is 6.42 Å². The lowest BCUT2D eigenvalue weighted by molar-refractivity contribution is -0.117. The molecule has 0 saturated heterocycles. The Balaban J connectivity index is 1.74. The smallest absolute Gasteiger partial charge is 0.233 e. The number of thiazole rings is 1. The fourth-order valence-electron chi connectivity index (χ4n) is 2.27. The molecule has 3 rings (SSSR count). The number of nitrogens with zero attached hydrogens (tertiary/aromatic N) is 2.